The Bertz CT molecular complexity index is 727. The average Bonchev–Trinajstić information content (AvgIpc) is 2.51. The van der Waals surface area contributed by atoms with E-state index < -0.39 is 0 Å². The van der Waals surface area contributed by atoms with Crippen LogP contribution in [0, 0.1) is 0 Å². The van der Waals surface area contributed by atoms with Crippen LogP contribution in [0.4, 0.5) is 0 Å². The van der Waals surface area contributed by atoms with Crippen molar-refractivity contribution in [2.45, 2.75) is 19.8 Å². The van der Waals surface area contributed by atoms with Crippen LogP contribution in [-0.4, -0.2) is 23.2 Å². The molecule has 0 saturated carbocycles. The Balaban J connectivity index is 2.06. The van der Waals surface area contributed by atoms with Crippen LogP contribution < -0.4 is 15.0 Å². The van der Waals surface area contributed by atoms with Gasteiger partial charge in [0.2, 0.25) is 0 Å². The molecule has 0 atom stereocenters. The highest BCUT2D eigenvalue weighted by atomic mass is 79.9. The Kier molecular flexibility index (Phi) is 3.96. The maximum atomic E-state index is 12.0. The first-order valence-electron chi connectivity index (χ1n) is 6.87. The van der Waals surface area contributed by atoms with Gasteiger partial charge in [-0.25, -0.2) is 4.98 Å². The van der Waals surface area contributed by atoms with E-state index in [1.54, 1.807) is 0 Å². The van der Waals surface area contributed by atoms with Gasteiger partial charge < -0.3 is 14.5 Å². The van der Waals surface area contributed by atoms with Gasteiger partial charge in [0.1, 0.15) is 23.5 Å². The molecule has 0 unspecified atom stereocenters. The number of ether oxygens (including phenoxy) is 2. The summed E-state index contributed by atoms with van der Waals surface area (Å²) < 4.78 is 11.6. The predicted molar refractivity (Wildman–Crippen MR) is 83.0 cm³/mol. The summed E-state index contributed by atoms with van der Waals surface area (Å²) in [6.45, 7) is 3.14. The standard InChI is InChI=1S/C15H15BrN2O3/c1-2-3-10-13(16)15(19)18-14(17-10)9-4-5-11-12(8-9)21-7-6-20-11/h4-5,8H,2-3,6-7H2,1H3,(H,17,18,19). The second-order valence-electron chi connectivity index (χ2n) is 4.78. The van der Waals surface area contributed by atoms with Gasteiger partial charge in [-0.05, 0) is 40.5 Å². The SMILES string of the molecule is CCCc1nc(-c2ccc3c(c2)OCCO3)[nH]c(=O)c1Br. The van der Waals surface area contributed by atoms with Gasteiger partial charge in [0, 0.05) is 5.56 Å². The number of aromatic amines is 1. The first-order chi connectivity index (χ1) is 10.2. The summed E-state index contributed by atoms with van der Waals surface area (Å²) in [6, 6.07) is 5.55. The number of H-pyrrole nitrogens is 1. The number of fused-ring (bicyclic) bond motifs is 1. The zero-order valence-corrected chi connectivity index (χ0v) is 13.2. The number of benzene rings is 1. The van der Waals surface area contributed by atoms with E-state index >= 15 is 0 Å². The Morgan fingerprint density at radius 1 is 1.29 bits per heavy atom. The molecule has 0 bridgehead atoms. The number of nitrogens with zero attached hydrogens (tertiary/aromatic N) is 1. The van der Waals surface area contributed by atoms with Crippen LogP contribution >= 0.6 is 15.9 Å². The van der Waals surface area contributed by atoms with E-state index in [0.29, 0.717) is 29.3 Å². The fourth-order valence-corrected chi connectivity index (χ4v) is 2.62. The van der Waals surface area contributed by atoms with Gasteiger partial charge >= 0.3 is 0 Å². The lowest BCUT2D eigenvalue weighted by atomic mass is 10.1. The minimum atomic E-state index is -0.168. The monoisotopic (exact) mass is 350 g/mol. The minimum absolute atomic E-state index is 0.168. The molecule has 2 aromatic rings. The summed E-state index contributed by atoms with van der Waals surface area (Å²) in [4.78, 5) is 19.3. The van der Waals surface area contributed by atoms with Crippen LogP contribution in [0.1, 0.15) is 19.0 Å². The average molecular weight is 351 g/mol. The Morgan fingerprint density at radius 2 is 2.05 bits per heavy atom. The minimum Gasteiger partial charge on any atom is -0.486 e. The summed E-state index contributed by atoms with van der Waals surface area (Å²) in [5.41, 5.74) is 1.41. The van der Waals surface area contributed by atoms with Crippen molar-refractivity contribution in [1.82, 2.24) is 9.97 Å². The molecule has 5 nitrogen and oxygen atoms in total. The van der Waals surface area contributed by atoms with E-state index in [4.69, 9.17) is 9.47 Å². The fraction of sp³-hybridized carbons (Fsp3) is 0.333. The third-order valence-electron chi connectivity index (χ3n) is 3.23. The molecule has 6 heteroatoms. The van der Waals surface area contributed by atoms with E-state index in [1.807, 2.05) is 18.2 Å². The molecule has 1 aliphatic heterocycles. The smallest absolute Gasteiger partial charge is 0.265 e. The predicted octanol–water partition coefficient (Wildman–Crippen LogP) is 2.92. The molecular weight excluding hydrogens is 336 g/mol. The van der Waals surface area contributed by atoms with Crippen molar-refractivity contribution in [3.63, 3.8) is 0 Å². The molecular formula is C15H15BrN2O3. The van der Waals surface area contributed by atoms with Gasteiger partial charge in [-0.15, -0.1) is 0 Å². The van der Waals surface area contributed by atoms with E-state index in [1.165, 1.54) is 0 Å². The van der Waals surface area contributed by atoms with Gasteiger partial charge in [0.25, 0.3) is 5.56 Å². The summed E-state index contributed by atoms with van der Waals surface area (Å²) in [7, 11) is 0. The van der Waals surface area contributed by atoms with Crippen LogP contribution in [0.3, 0.4) is 0 Å². The zero-order chi connectivity index (χ0) is 14.8. The quantitative estimate of drug-likeness (QED) is 0.924. The lowest BCUT2D eigenvalue weighted by Gasteiger charge is -2.18. The molecule has 2 heterocycles. The lowest BCUT2D eigenvalue weighted by Crippen LogP contribution is -2.16. The van der Waals surface area contributed by atoms with Crippen LogP contribution in [0.25, 0.3) is 11.4 Å². The fourth-order valence-electron chi connectivity index (χ4n) is 2.24. The van der Waals surface area contributed by atoms with Crippen molar-refractivity contribution in [3.8, 4) is 22.9 Å². The molecule has 110 valence electrons. The third kappa shape index (κ3) is 2.81. The molecule has 0 aliphatic carbocycles. The van der Waals surface area contributed by atoms with Gasteiger partial charge in [-0.1, -0.05) is 13.3 Å². The summed E-state index contributed by atoms with van der Waals surface area (Å²) in [5.74, 6) is 1.95. The number of aryl methyl sites for hydroxylation is 1. The molecule has 0 radical (unpaired) electrons. The first kappa shape index (κ1) is 14.1. The molecule has 1 aliphatic rings. The first-order valence-corrected chi connectivity index (χ1v) is 7.67. The van der Waals surface area contributed by atoms with Crippen LogP contribution in [0.2, 0.25) is 0 Å². The molecule has 0 amide bonds. The third-order valence-corrected chi connectivity index (χ3v) is 4.05. The molecule has 0 spiro atoms. The summed E-state index contributed by atoms with van der Waals surface area (Å²) in [5, 5.41) is 0. The van der Waals surface area contributed by atoms with Crippen molar-refractivity contribution >= 4 is 15.9 Å². The highest BCUT2D eigenvalue weighted by molar-refractivity contribution is 9.10. The topological polar surface area (TPSA) is 64.2 Å². The molecule has 1 aromatic heterocycles. The summed E-state index contributed by atoms with van der Waals surface area (Å²) in [6.07, 6.45) is 1.68. The second kappa shape index (κ2) is 5.89. The van der Waals surface area contributed by atoms with Crippen LogP contribution in [0.15, 0.2) is 27.5 Å². The molecule has 1 N–H and O–H groups in total. The van der Waals surface area contributed by atoms with E-state index in [9.17, 15) is 4.79 Å². The molecule has 21 heavy (non-hydrogen) atoms. The van der Waals surface area contributed by atoms with E-state index in [-0.39, 0.29) is 5.56 Å². The Morgan fingerprint density at radius 3 is 2.81 bits per heavy atom. The highest BCUT2D eigenvalue weighted by Gasteiger charge is 2.15. The molecule has 0 fully saturated rings. The van der Waals surface area contributed by atoms with Crippen molar-refractivity contribution < 1.29 is 9.47 Å². The van der Waals surface area contributed by atoms with Gasteiger partial charge in [0.05, 0.1) is 5.69 Å². The molecule has 1 aromatic carbocycles. The van der Waals surface area contributed by atoms with Crippen molar-refractivity contribution in [2.24, 2.45) is 0 Å². The molecule has 3 rings (SSSR count). The maximum Gasteiger partial charge on any atom is 0.265 e. The van der Waals surface area contributed by atoms with Gasteiger partial charge in [-0.2, -0.15) is 0 Å². The van der Waals surface area contributed by atoms with Gasteiger partial charge in [0.15, 0.2) is 11.5 Å². The number of nitrogens with one attached hydrogen (secondary N) is 1. The van der Waals surface area contributed by atoms with Crippen molar-refractivity contribution in [2.75, 3.05) is 13.2 Å². The zero-order valence-electron chi connectivity index (χ0n) is 11.6. The number of aromatic nitrogens is 2. The van der Waals surface area contributed by atoms with Crippen LogP contribution in [-0.2, 0) is 6.42 Å². The maximum absolute atomic E-state index is 12.0. The number of halogens is 1. The Hall–Kier alpha value is -1.82. The lowest BCUT2D eigenvalue weighted by molar-refractivity contribution is 0.171. The Labute approximate surface area is 130 Å². The summed E-state index contributed by atoms with van der Waals surface area (Å²) >= 11 is 3.30. The van der Waals surface area contributed by atoms with Crippen molar-refractivity contribution in [1.29, 1.82) is 0 Å². The van der Waals surface area contributed by atoms with Crippen molar-refractivity contribution in [3.05, 3.63) is 38.7 Å². The highest BCUT2D eigenvalue weighted by Crippen LogP contribution is 2.33. The number of rotatable bonds is 3. The largest absolute Gasteiger partial charge is 0.486 e. The second-order valence-corrected chi connectivity index (χ2v) is 5.58. The van der Waals surface area contributed by atoms with E-state index in [0.717, 1.165) is 29.8 Å². The van der Waals surface area contributed by atoms with Gasteiger partial charge in [-0.3, -0.25) is 4.79 Å². The van der Waals surface area contributed by atoms with E-state index in [2.05, 4.69) is 32.8 Å². The number of hydrogen-bond donors (Lipinski definition) is 1. The normalized spacial score (nSPS) is 13.2. The number of hydrogen-bond acceptors (Lipinski definition) is 4. The molecule has 0 saturated heterocycles. The van der Waals surface area contributed by atoms with Crippen LogP contribution in [0.5, 0.6) is 11.5 Å².